The van der Waals surface area contributed by atoms with E-state index in [1.54, 1.807) is 4.57 Å². The highest BCUT2D eigenvalue weighted by molar-refractivity contribution is 7.99. The first-order chi connectivity index (χ1) is 11.1. The summed E-state index contributed by atoms with van der Waals surface area (Å²) in [6, 6.07) is 5.58. The number of unbranched alkanes of at least 4 members (excludes halogenated alkanes) is 1. The van der Waals surface area contributed by atoms with Crippen LogP contribution in [0.1, 0.15) is 43.0 Å². The minimum absolute atomic E-state index is 0.00370. The number of aromatic amines is 1. The zero-order valence-corrected chi connectivity index (χ0v) is 13.9. The van der Waals surface area contributed by atoms with Crippen molar-refractivity contribution in [2.24, 2.45) is 0 Å². The van der Waals surface area contributed by atoms with Gasteiger partial charge < -0.3 is 0 Å². The van der Waals surface area contributed by atoms with Gasteiger partial charge in [0.25, 0.3) is 0 Å². The van der Waals surface area contributed by atoms with Crippen molar-refractivity contribution in [2.75, 3.05) is 5.75 Å². The summed E-state index contributed by atoms with van der Waals surface area (Å²) >= 11 is 1.47. The highest BCUT2D eigenvalue weighted by atomic mass is 32.2. The lowest BCUT2D eigenvalue weighted by molar-refractivity contribution is 0.0982. The lowest BCUT2D eigenvalue weighted by atomic mass is 10.1. The standard InChI is InChI=1S/C16H20FN3O2S/c1-2-3-10-20-15(22)18-19-16(20)23-11-4-5-14(21)12-6-8-13(17)9-7-12/h6-9H,2-5,10-11H2,1H3,(H,18,22). The van der Waals surface area contributed by atoms with E-state index in [0.717, 1.165) is 12.8 Å². The molecule has 0 aliphatic heterocycles. The largest absolute Gasteiger partial charge is 0.343 e. The van der Waals surface area contributed by atoms with Crippen molar-refractivity contribution >= 4 is 17.5 Å². The molecule has 1 N–H and O–H groups in total. The molecule has 0 aliphatic carbocycles. The molecule has 1 aromatic carbocycles. The first-order valence-electron chi connectivity index (χ1n) is 7.68. The average molecular weight is 337 g/mol. The lowest BCUT2D eigenvalue weighted by Crippen LogP contribution is -2.17. The fraction of sp³-hybridized carbons (Fsp3) is 0.438. The number of hydrogen-bond acceptors (Lipinski definition) is 4. The predicted molar refractivity (Wildman–Crippen MR) is 88.4 cm³/mol. The van der Waals surface area contributed by atoms with Gasteiger partial charge in [0.05, 0.1) is 0 Å². The first-order valence-corrected chi connectivity index (χ1v) is 8.67. The number of thioether (sulfide) groups is 1. The smallest absolute Gasteiger partial charge is 0.294 e. The molecular formula is C16H20FN3O2S. The summed E-state index contributed by atoms with van der Waals surface area (Å²) in [4.78, 5) is 23.6. The summed E-state index contributed by atoms with van der Waals surface area (Å²) in [5.41, 5.74) is 0.333. The molecule has 2 aromatic rings. The molecule has 23 heavy (non-hydrogen) atoms. The number of benzene rings is 1. The molecular weight excluding hydrogens is 317 g/mol. The van der Waals surface area contributed by atoms with Gasteiger partial charge in [-0.2, -0.15) is 0 Å². The Morgan fingerprint density at radius 3 is 2.74 bits per heavy atom. The van der Waals surface area contributed by atoms with Crippen LogP contribution in [0.15, 0.2) is 34.2 Å². The van der Waals surface area contributed by atoms with Crippen molar-refractivity contribution in [3.05, 3.63) is 46.1 Å². The average Bonchev–Trinajstić information content (AvgIpc) is 2.90. The molecule has 7 heteroatoms. The Morgan fingerprint density at radius 2 is 2.04 bits per heavy atom. The second kappa shape index (κ2) is 8.67. The number of halogens is 1. The number of hydrogen-bond donors (Lipinski definition) is 1. The number of Topliss-reactive ketones (excluding diaryl/α,β-unsaturated/α-hetero) is 1. The summed E-state index contributed by atoms with van der Waals surface area (Å²) in [6.45, 7) is 2.72. The van der Waals surface area contributed by atoms with Crippen molar-refractivity contribution in [3.63, 3.8) is 0 Å². The second-order valence-electron chi connectivity index (χ2n) is 5.20. The van der Waals surface area contributed by atoms with E-state index < -0.39 is 0 Å². The summed E-state index contributed by atoms with van der Waals surface area (Å²) in [5, 5.41) is 7.14. The Morgan fingerprint density at radius 1 is 1.30 bits per heavy atom. The van der Waals surface area contributed by atoms with E-state index in [9.17, 15) is 14.0 Å². The zero-order valence-electron chi connectivity index (χ0n) is 13.0. The quantitative estimate of drug-likeness (QED) is 0.433. The Kier molecular flexibility index (Phi) is 6.58. The van der Waals surface area contributed by atoms with E-state index in [1.807, 2.05) is 0 Å². The maximum atomic E-state index is 12.8. The molecule has 0 saturated carbocycles. The molecule has 5 nitrogen and oxygen atoms in total. The van der Waals surface area contributed by atoms with Crippen LogP contribution in [0.25, 0.3) is 0 Å². The molecule has 0 bridgehead atoms. The van der Waals surface area contributed by atoms with Gasteiger partial charge in [0, 0.05) is 24.3 Å². The zero-order chi connectivity index (χ0) is 16.7. The molecule has 0 unspecified atom stereocenters. The first kappa shape index (κ1) is 17.5. The number of H-pyrrole nitrogens is 1. The summed E-state index contributed by atoms with van der Waals surface area (Å²) < 4.78 is 14.5. The van der Waals surface area contributed by atoms with Crippen molar-refractivity contribution in [2.45, 2.75) is 44.3 Å². The fourth-order valence-electron chi connectivity index (χ4n) is 2.10. The lowest BCUT2D eigenvalue weighted by Gasteiger charge is -2.04. The summed E-state index contributed by atoms with van der Waals surface area (Å²) in [7, 11) is 0. The highest BCUT2D eigenvalue weighted by Crippen LogP contribution is 2.17. The Balaban J connectivity index is 1.80. The molecule has 0 aliphatic rings. The summed E-state index contributed by atoms with van der Waals surface area (Å²) in [6.07, 6.45) is 3.00. The molecule has 1 aromatic heterocycles. The van der Waals surface area contributed by atoms with Crippen molar-refractivity contribution < 1.29 is 9.18 Å². The topological polar surface area (TPSA) is 67.8 Å². The van der Waals surface area contributed by atoms with Crippen LogP contribution >= 0.6 is 11.8 Å². The van der Waals surface area contributed by atoms with Crippen LogP contribution in [-0.2, 0) is 6.54 Å². The van der Waals surface area contributed by atoms with E-state index in [4.69, 9.17) is 0 Å². The van der Waals surface area contributed by atoms with Gasteiger partial charge in [0.15, 0.2) is 10.9 Å². The predicted octanol–water partition coefficient (Wildman–Crippen LogP) is 3.27. The van der Waals surface area contributed by atoms with E-state index in [1.165, 1.54) is 36.0 Å². The van der Waals surface area contributed by atoms with Gasteiger partial charge in [-0.15, -0.1) is 5.10 Å². The Hall–Kier alpha value is -1.89. The number of carbonyl (C=O) groups excluding carboxylic acids is 1. The number of carbonyl (C=O) groups is 1. The second-order valence-corrected chi connectivity index (χ2v) is 6.26. The maximum absolute atomic E-state index is 12.8. The fourth-order valence-corrected chi connectivity index (χ4v) is 3.01. The third-order valence-electron chi connectivity index (χ3n) is 3.40. The van der Waals surface area contributed by atoms with Crippen LogP contribution in [0.3, 0.4) is 0 Å². The molecule has 0 saturated heterocycles. The Labute approximate surface area is 138 Å². The molecule has 0 radical (unpaired) electrons. The van der Waals surface area contributed by atoms with Crippen LogP contribution in [-0.4, -0.2) is 26.3 Å². The van der Waals surface area contributed by atoms with Gasteiger partial charge in [-0.3, -0.25) is 9.36 Å². The molecule has 2 rings (SSSR count). The van der Waals surface area contributed by atoms with Crippen molar-refractivity contribution in [3.8, 4) is 0 Å². The summed E-state index contributed by atoms with van der Waals surface area (Å²) in [5.74, 6) is 0.347. The SMILES string of the molecule is CCCCn1c(SCCCC(=O)c2ccc(F)cc2)n[nH]c1=O. The number of rotatable bonds is 9. The van der Waals surface area contributed by atoms with Crippen LogP contribution < -0.4 is 5.69 Å². The maximum Gasteiger partial charge on any atom is 0.343 e. The van der Waals surface area contributed by atoms with Crippen LogP contribution in [0.2, 0.25) is 0 Å². The van der Waals surface area contributed by atoms with Crippen LogP contribution in [0.4, 0.5) is 4.39 Å². The van der Waals surface area contributed by atoms with Crippen molar-refractivity contribution in [1.29, 1.82) is 0 Å². The van der Waals surface area contributed by atoms with Crippen LogP contribution in [0.5, 0.6) is 0 Å². The highest BCUT2D eigenvalue weighted by Gasteiger charge is 2.10. The number of nitrogens with one attached hydrogen (secondary N) is 1. The van der Waals surface area contributed by atoms with E-state index in [0.29, 0.717) is 35.9 Å². The van der Waals surface area contributed by atoms with Gasteiger partial charge in [0.1, 0.15) is 5.82 Å². The van der Waals surface area contributed by atoms with Gasteiger partial charge in [-0.25, -0.2) is 14.3 Å². The minimum Gasteiger partial charge on any atom is -0.294 e. The van der Waals surface area contributed by atoms with Crippen molar-refractivity contribution in [1.82, 2.24) is 14.8 Å². The van der Waals surface area contributed by atoms with E-state index in [-0.39, 0.29) is 17.3 Å². The molecule has 0 amide bonds. The molecule has 1 heterocycles. The molecule has 0 spiro atoms. The molecule has 124 valence electrons. The Bertz CT molecular complexity index is 694. The van der Waals surface area contributed by atoms with Gasteiger partial charge >= 0.3 is 5.69 Å². The van der Waals surface area contributed by atoms with E-state index >= 15 is 0 Å². The van der Waals surface area contributed by atoms with E-state index in [2.05, 4.69) is 17.1 Å². The molecule has 0 atom stereocenters. The minimum atomic E-state index is -0.347. The third kappa shape index (κ3) is 5.06. The number of nitrogens with zero attached hydrogens (tertiary/aromatic N) is 2. The normalized spacial score (nSPS) is 10.9. The van der Waals surface area contributed by atoms with Crippen LogP contribution in [0, 0.1) is 5.82 Å². The van der Waals surface area contributed by atoms with Gasteiger partial charge in [-0.1, -0.05) is 25.1 Å². The molecule has 0 fully saturated rings. The monoisotopic (exact) mass is 337 g/mol. The number of aromatic nitrogens is 3. The number of ketones is 1. The van der Waals surface area contributed by atoms with Gasteiger partial charge in [-0.05, 0) is 37.1 Å². The third-order valence-corrected chi connectivity index (χ3v) is 4.47. The van der Waals surface area contributed by atoms with Gasteiger partial charge in [0.2, 0.25) is 0 Å².